The lowest BCUT2D eigenvalue weighted by molar-refractivity contribution is 0.193. The van der Waals surface area contributed by atoms with Crippen LogP contribution < -0.4 is 14.8 Å². The maximum atomic E-state index is 12.5. The number of carbonyl (C=O) groups is 1. The fourth-order valence-electron chi connectivity index (χ4n) is 2.74. The van der Waals surface area contributed by atoms with E-state index in [4.69, 9.17) is 0 Å². The van der Waals surface area contributed by atoms with Gasteiger partial charge in [0.2, 0.25) is 10.0 Å². The first kappa shape index (κ1) is 25.7. The molecule has 1 aliphatic rings. The molecule has 31 heavy (non-hydrogen) atoms. The maximum Gasteiger partial charge on any atom is 0.321 e. The number of piperidine rings is 1. The quantitative estimate of drug-likeness (QED) is 0.431. The highest BCUT2D eigenvalue weighted by molar-refractivity contribution is 8.26. The zero-order valence-electron chi connectivity index (χ0n) is 19.1. The van der Waals surface area contributed by atoms with Crippen molar-refractivity contribution in [2.45, 2.75) is 69.9 Å². The largest absolute Gasteiger partial charge is 0.324 e. The number of carbonyl (C=O) groups excluding carboxylic acids is 1. The van der Waals surface area contributed by atoms with E-state index in [0.29, 0.717) is 37.3 Å². The Hall–Kier alpha value is -1.53. The van der Waals surface area contributed by atoms with Crippen molar-refractivity contribution in [1.29, 1.82) is 0 Å². The van der Waals surface area contributed by atoms with Crippen LogP contribution in [0.25, 0.3) is 0 Å². The van der Waals surface area contributed by atoms with Crippen LogP contribution in [0.1, 0.15) is 54.4 Å². The standard InChI is InChI=1S/C20H36N4O5S2/c1-19(2,3)30(26,27)22-16-9-7-15(8-10-16)21-18(25)24-13-11-17(12-14-24)23-31(28,29)20(4,5)6/h7-10,17,22-23,26-27H,11-14H2,1-6H3,(H,21,25). The number of hydrogen-bond donors (Lipinski definition) is 5. The summed E-state index contributed by atoms with van der Waals surface area (Å²) < 4.78 is 49.0. The highest BCUT2D eigenvalue weighted by Crippen LogP contribution is 2.51. The molecule has 0 saturated carbocycles. The van der Waals surface area contributed by atoms with E-state index >= 15 is 0 Å². The molecule has 0 atom stereocenters. The van der Waals surface area contributed by atoms with Crippen molar-refractivity contribution in [3.05, 3.63) is 24.3 Å². The van der Waals surface area contributed by atoms with Gasteiger partial charge in [0.1, 0.15) is 0 Å². The summed E-state index contributed by atoms with van der Waals surface area (Å²) in [6.07, 6.45) is 1.10. The SMILES string of the molecule is CC(C)(C)S(O)(O)Nc1ccc(NC(=O)N2CCC(NS(=O)(=O)C(C)(C)C)CC2)cc1. The summed E-state index contributed by atoms with van der Waals surface area (Å²) in [4.78, 5) is 14.2. The number of likely N-dealkylation sites (tertiary alicyclic amines) is 1. The highest BCUT2D eigenvalue weighted by atomic mass is 32.3. The minimum Gasteiger partial charge on any atom is -0.324 e. The summed E-state index contributed by atoms with van der Waals surface area (Å²) in [5.41, 5.74) is 1.12. The van der Waals surface area contributed by atoms with Crippen LogP contribution in [0.4, 0.5) is 16.2 Å². The first-order valence-electron chi connectivity index (χ1n) is 10.3. The zero-order valence-corrected chi connectivity index (χ0v) is 20.7. The first-order valence-corrected chi connectivity index (χ1v) is 13.3. The average Bonchev–Trinajstić information content (AvgIpc) is 2.61. The van der Waals surface area contributed by atoms with Gasteiger partial charge >= 0.3 is 6.03 Å². The van der Waals surface area contributed by atoms with Crippen LogP contribution in [0.3, 0.4) is 0 Å². The smallest absolute Gasteiger partial charge is 0.321 e. The van der Waals surface area contributed by atoms with Crippen LogP contribution in [0.5, 0.6) is 0 Å². The van der Waals surface area contributed by atoms with Gasteiger partial charge < -0.3 is 10.2 Å². The van der Waals surface area contributed by atoms with Gasteiger partial charge in [-0.05, 0) is 78.6 Å². The molecule has 0 spiro atoms. The first-order chi connectivity index (χ1) is 14.0. The van der Waals surface area contributed by atoms with E-state index in [0.717, 1.165) is 0 Å². The van der Waals surface area contributed by atoms with E-state index in [-0.39, 0.29) is 12.1 Å². The van der Waals surface area contributed by atoms with Crippen molar-refractivity contribution in [3.63, 3.8) is 0 Å². The van der Waals surface area contributed by atoms with Crippen molar-refractivity contribution in [2.24, 2.45) is 0 Å². The van der Waals surface area contributed by atoms with Crippen molar-refractivity contribution >= 4 is 38.2 Å². The van der Waals surface area contributed by atoms with Gasteiger partial charge in [0.15, 0.2) is 0 Å². The summed E-state index contributed by atoms with van der Waals surface area (Å²) in [6, 6.07) is 6.27. The van der Waals surface area contributed by atoms with Crippen LogP contribution in [0, 0.1) is 0 Å². The van der Waals surface area contributed by atoms with E-state index in [2.05, 4.69) is 14.8 Å². The van der Waals surface area contributed by atoms with Gasteiger partial charge in [0, 0.05) is 24.8 Å². The summed E-state index contributed by atoms with van der Waals surface area (Å²) >= 11 is 0. The molecule has 1 saturated heterocycles. The number of amides is 2. The van der Waals surface area contributed by atoms with E-state index in [1.165, 1.54) is 0 Å². The monoisotopic (exact) mass is 476 g/mol. The molecule has 0 unspecified atom stereocenters. The average molecular weight is 477 g/mol. The van der Waals surface area contributed by atoms with E-state index in [1.54, 1.807) is 70.7 Å². The predicted octanol–water partition coefficient (Wildman–Crippen LogP) is 4.28. The van der Waals surface area contributed by atoms with Gasteiger partial charge in [-0.3, -0.25) is 13.8 Å². The second-order valence-corrected chi connectivity index (χ2v) is 14.8. The Kier molecular flexibility index (Phi) is 7.59. The molecule has 0 aromatic heterocycles. The summed E-state index contributed by atoms with van der Waals surface area (Å²) in [5, 5.41) is 2.82. The lowest BCUT2D eigenvalue weighted by atomic mass is 10.1. The molecule has 1 aromatic carbocycles. The molecular weight excluding hydrogens is 440 g/mol. The van der Waals surface area contributed by atoms with Crippen LogP contribution >= 0.6 is 10.8 Å². The number of rotatable bonds is 5. The predicted molar refractivity (Wildman–Crippen MR) is 128 cm³/mol. The third-order valence-electron chi connectivity index (χ3n) is 5.16. The Bertz CT molecular complexity index is 866. The zero-order chi connectivity index (χ0) is 23.7. The number of sulfonamides is 1. The lowest BCUT2D eigenvalue weighted by Crippen LogP contribution is -2.50. The molecular formula is C20H36N4O5S2. The van der Waals surface area contributed by atoms with Gasteiger partial charge in [-0.25, -0.2) is 17.9 Å². The Morgan fingerprint density at radius 2 is 1.42 bits per heavy atom. The molecule has 0 radical (unpaired) electrons. The minimum absolute atomic E-state index is 0.179. The lowest BCUT2D eigenvalue weighted by Gasteiger charge is -2.44. The third kappa shape index (κ3) is 6.72. The highest BCUT2D eigenvalue weighted by Gasteiger charge is 2.33. The van der Waals surface area contributed by atoms with E-state index < -0.39 is 30.3 Å². The molecule has 0 aliphatic carbocycles. The Morgan fingerprint density at radius 3 is 1.87 bits per heavy atom. The van der Waals surface area contributed by atoms with Crippen LogP contribution in [-0.2, 0) is 10.0 Å². The fourth-order valence-corrected chi connectivity index (χ4v) is 4.54. The van der Waals surface area contributed by atoms with Gasteiger partial charge in [-0.2, -0.15) is 0 Å². The fraction of sp³-hybridized carbons (Fsp3) is 0.650. The molecule has 178 valence electrons. The molecule has 1 aliphatic heterocycles. The minimum atomic E-state index is -3.42. The van der Waals surface area contributed by atoms with Gasteiger partial charge in [-0.15, -0.1) is 10.8 Å². The normalized spacial score (nSPS) is 17.4. The number of hydrogen-bond acceptors (Lipinski definition) is 6. The van der Waals surface area contributed by atoms with E-state index in [1.807, 2.05) is 0 Å². The van der Waals surface area contributed by atoms with E-state index in [9.17, 15) is 22.3 Å². The molecule has 1 heterocycles. The molecule has 2 rings (SSSR count). The Labute approximate surface area is 187 Å². The van der Waals surface area contributed by atoms with Crippen molar-refractivity contribution in [1.82, 2.24) is 9.62 Å². The van der Waals surface area contributed by atoms with Gasteiger partial charge in [-0.1, -0.05) is 0 Å². The molecule has 1 aromatic rings. The topological polar surface area (TPSA) is 131 Å². The van der Waals surface area contributed by atoms with Crippen LogP contribution in [0.2, 0.25) is 0 Å². The second kappa shape index (κ2) is 9.14. The molecule has 9 nitrogen and oxygen atoms in total. The molecule has 1 fully saturated rings. The Balaban J connectivity index is 1.88. The van der Waals surface area contributed by atoms with Crippen LogP contribution in [0.15, 0.2) is 24.3 Å². The van der Waals surface area contributed by atoms with Crippen molar-refractivity contribution < 1.29 is 22.3 Å². The number of nitrogens with one attached hydrogen (secondary N) is 3. The summed E-state index contributed by atoms with van der Waals surface area (Å²) in [5.74, 6) is 0. The molecule has 2 amide bonds. The number of urea groups is 1. The van der Waals surface area contributed by atoms with Gasteiger partial charge in [0.05, 0.1) is 15.2 Å². The summed E-state index contributed by atoms with van der Waals surface area (Å²) in [6.45, 7) is 11.1. The summed E-state index contributed by atoms with van der Waals surface area (Å²) in [7, 11) is -6.44. The van der Waals surface area contributed by atoms with Gasteiger partial charge in [0.25, 0.3) is 0 Å². The third-order valence-corrected chi connectivity index (χ3v) is 9.64. The van der Waals surface area contributed by atoms with Crippen molar-refractivity contribution in [3.8, 4) is 0 Å². The molecule has 5 N–H and O–H groups in total. The number of anilines is 2. The second-order valence-electron chi connectivity index (χ2n) is 9.77. The molecule has 11 heteroatoms. The number of nitrogens with zero attached hydrogens (tertiary/aromatic N) is 1. The van der Waals surface area contributed by atoms with Crippen molar-refractivity contribution in [2.75, 3.05) is 23.1 Å². The Morgan fingerprint density at radius 1 is 0.935 bits per heavy atom. The maximum absolute atomic E-state index is 12.5. The number of benzene rings is 1. The molecule has 0 bridgehead atoms. The van der Waals surface area contributed by atoms with Crippen LogP contribution in [-0.4, -0.2) is 57.1 Å².